The molecule has 3 rings (SSSR count). The zero-order valence-electron chi connectivity index (χ0n) is 12.4. The molecule has 0 aliphatic rings. The van der Waals surface area contributed by atoms with E-state index in [0.29, 0.717) is 0 Å². The minimum Gasteiger partial charge on any atom is -0.274 e. The molecule has 0 radical (unpaired) electrons. The Labute approximate surface area is 133 Å². The van der Waals surface area contributed by atoms with Gasteiger partial charge in [0.25, 0.3) is 0 Å². The van der Waals surface area contributed by atoms with Gasteiger partial charge in [0, 0.05) is 13.2 Å². The van der Waals surface area contributed by atoms with Crippen molar-refractivity contribution in [3.05, 3.63) is 60.7 Å². The fraction of sp³-hybridized carbons (Fsp3) is 0.214. The molecule has 0 bridgehead atoms. The first kappa shape index (κ1) is 15.4. The molecule has 2 aromatic heterocycles. The van der Waals surface area contributed by atoms with E-state index in [1.165, 1.54) is 21.9 Å². The minimum atomic E-state index is -3.69. The highest BCUT2D eigenvalue weighted by Crippen LogP contribution is 2.18. The highest BCUT2D eigenvalue weighted by molar-refractivity contribution is 7.89. The molecule has 23 heavy (non-hydrogen) atoms. The number of hydrogen-bond donors (Lipinski definition) is 1. The van der Waals surface area contributed by atoms with Gasteiger partial charge in [-0.15, -0.1) is 0 Å². The van der Waals surface area contributed by atoms with E-state index in [4.69, 9.17) is 0 Å². The topological polar surface area (TPSA) is 94.7 Å². The lowest BCUT2D eigenvalue weighted by molar-refractivity contribution is 0.444. The lowest BCUT2D eigenvalue weighted by atomic mass is 10.1. The van der Waals surface area contributed by atoms with E-state index >= 15 is 0 Å². The van der Waals surface area contributed by atoms with Gasteiger partial charge in [0.05, 0.1) is 31.2 Å². The predicted octanol–water partition coefficient (Wildman–Crippen LogP) is 0.731. The maximum atomic E-state index is 12.5. The number of benzene rings is 1. The van der Waals surface area contributed by atoms with E-state index in [0.717, 1.165) is 5.56 Å². The van der Waals surface area contributed by atoms with Crippen molar-refractivity contribution in [2.24, 2.45) is 7.05 Å². The molecule has 0 spiro atoms. The lowest BCUT2D eigenvalue weighted by Crippen LogP contribution is -2.32. The van der Waals surface area contributed by atoms with Crippen LogP contribution in [0.25, 0.3) is 0 Å². The molecule has 0 amide bonds. The number of rotatable bonds is 6. The summed E-state index contributed by atoms with van der Waals surface area (Å²) in [5, 5.41) is 12.0. The molecule has 1 aromatic carbocycles. The van der Waals surface area contributed by atoms with Crippen LogP contribution < -0.4 is 4.72 Å². The highest BCUT2D eigenvalue weighted by atomic mass is 32.2. The Kier molecular flexibility index (Phi) is 4.22. The van der Waals surface area contributed by atoms with Gasteiger partial charge in [-0.1, -0.05) is 30.3 Å². The Morgan fingerprint density at radius 1 is 1.13 bits per heavy atom. The van der Waals surface area contributed by atoms with Gasteiger partial charge in [-0.3, -0.25) is 4.68 Å². The Morgan fingerprint density at radius 2 is 1.83 bits per heavy atom. The molecule has 0 aliphatic heterocycles. The molecule has 0 saturated carbocycles. The zero-order valence-corrected chi connectivity index (χ0v) is 13.3. The molecule has 9 heteroatoms. The first-order valence-electron chi connectivity index (χ1n) is 6.94. The van der Waals surface area contributed by atoms with E-state index in [-0.39, 0.29) is 11.4 Å². The molecule has 1 atom stereocenters. The van der Waals surface area contributed by atoms with Crippen LogP contribution in [-0.2, 0) is 23.6 Å². The van der Waals surface area contributed by atoms with E-state index in [1.54, 1.807) is 19.4 Å². The van der Waals surface area contributed by atoms with Crippen molar-refractivity contribution < 1.29 is 8.42 Å². The van der Waals surface area contributed by atoms with Gasteiger partial charge in [0.15, 0.2) is 0 Å². The highest BCUT2D eigenvalue weighted by Gasteiger charge is 2.23. The molecule has 0 fully saturated rings. The maximum absolute atomic E-state index is 12.5. The Balaban J connectivity index is 1.89. The van der Waals surface area contributed by atoms with Gasteiger partial charge in [-0.25, -0.2) is 13.1 Å². The van der Waals surface area contributed by atoms with Gasteiger partial charge in [0.2, 0.25) is 10.0 Å². The van der Waals surface area contributed by atoms with Gasteiger partial charge in [-0.2, -0.15) is 20.1 Å². The molecule has 120 valence electrons. The van der Waals surface area contributed by atoms with Crippen molar-refractivity contribution >= 4 is 10.0 Å². The first-order valence-corrected chi connectivity index (χ1v) is 8.43. The second-order valence-corrected chi connectivity index (χ2v) is 6.73. The number of nitrogens with one attached hydrogen (secondary N) is 1. The Bertz CT molecular complexity index is 858. The molecule has 2 heterocycles. The van der Waals surface area contributed by atoms with Gasteiger partial charge < -0.3 is 0 Å². The normalized spacial score (nSPS) is 13.1. The largest absolute Gasteiger partial charge is 0.274 e. The summed E-state index contributed by atoms with van der Waals surface area (Å²) >= 11 is 0. The summed E-state index contributed by atoms with van der Waals surface area (Å²) in [6.07, 6.45) is 5.88. The fourth-order valence-corrected chi connectivity index (χ4v) is 3.39. The average Bonchev–Trinajstić information content (AvgIpc) is 3.19. The Morgan fingerprint density at radius 3 is 2.43 bits per heavy atom. The van der Waals surface area contributed by atoms with Gasteiger partial charge in [0.1, 0.15) is 4.90 Å². The van der Waals surface area contributed by atoms with Crippen LogP contribution in [0.3, 0.4) is 0 Å². The number of sulfonamides is 1. The molecule has 0 saturated heterocycles. The van der Waals surface area contributed by atoms with Gasteiger partial charge in [-0.05, 0) is 5.56 Å². The van der Waals surface area contributed by atoms with Crippen LogP contribution >= 0.6 is 0 Å². The average molecular weight is 332 g/mol. The van der Waals surface area contributed by atoms with Crippen LogP contribution in [0.4, 0.5) is 0 Å². The summed E-state index contributed by atoms with van der Waals surface area (Å²) in [6.45, 7) is 0.288. The minimum absolute atomic E-state index is 0.120. The zero-order chi connectivity index (χ0) is 16.3. The number of aryl methyl sites for hydroxylation is 1. The SMILES string of the molecule is Cn1cc(S(=O)(=O)NC(Cn2nccn2)c2ccccc2)cn1. The van der Waals surface area contributed by atoms with Crippen molar-refractivity contribution in [2.75, 3.05) is 0 Å². The molecule has 1 N–H and O–H groups in total. The first-order chi connectivity index (χ1) is 11.0. The smallest absolute Gasteiger partial charge is 0.244 e. The summed E-state index contributed by atoms with van der Waals surface area (Å²) in [5.41, 5.74) is 0.831. The van der Waals surface area contributed by atoms with Gasteiger partial charge >= 0.3 is 0 Å². The quantitative estimate of drug-likeness (QED) is 0.718. The van der Waals surface area contributed by atoms with E-state index in [9.17, 15) is 8.42 Å². The summed E-state index contributed by atoms with van der Waals surface area (Å²) in [7, 11) is -2.02. The summed E-state index contributed by atoms with van der Waals surface area (Å²) in [6, 6.07) is 8.82. The van der Waals surface area contributed by atoms with Crippen LogP contribution in [-0.4, -0.2) is 33.2 Å². The standard InChI is InChI=1S/C14H16N6O2S/c1-19-10-13(9-17-19)23(21,22)18-14(11-20-15-7-8-16-20)12-5-3-2-4-6-12/h2-10,14,18H,11H2,1H3. The van der Waals surface area contributed by atoms with Crippen molar-refractivity contribution in [3.63, 3.8) is 0 Å². The van der Waals surface area contributed by atoms with E-state index < -0.39 is 16.1 Å². The predicted molar refractivity (Wildman–Crippen MR) is 82.7 cm³/mol. The summed E-state index contributed by atoms with van der Waals surface area (Å²) in [4.78, 5) is 1.57. The summed E-state index contributed by atoms with van der Waals surface area (Å²) in [5.74, 6) is 0. The van der Waals surface area contributed by atoms with Crippen molar-refractivity contribution in [3.8, 4) is 0 Å². The second-order valence-electron chi connectivity index (χ2n) is 5.02. The third kappa shape index (κ3) is 3.63. The third-order valence-corrected chi connectivity index (χ3v) is 4.73. The Hall–Kier alpha value is -2.52. The monoisotopic (exact) mass is 332 g/mol. The van der Waals surface area contributed by atoms with Crippen LogP contribution in [0.15, 0.2) is 60.0 Å². The van der Waals surface area contributed by atoms with Crippen molar-refractivity contribution in [2.45, 2.75) is 17.5 Å². The van der Waals surface area contributed by atoms with Crippen LogP contribution in [0.2, 0.25) is 0 Å². The maximum Gasteiger partial charge on any atom is 0.244 e. The molecular weight excluding hydrogens is 316 g/mol. The summed E-state index contributed by atoms with van der Waals surface area (Å²) < 4.78 is 29.2. The molecular formula is C14H16N6O2S. The van der Waals surface area contributed by atoms with E-state index in [1.807, 2.05) is 30.3 Å². The lowest BCUT2D eigenvalue weighted by Gasteiger charge is -2.18. The van der Waals surface area contributed by atoms with Crippen LogP contribution in [0, 0.1) is 0 Å². The molecule has 0 aliphatic carbocycles. The number of nitrogens with zero attached hydrogens (tertiary/aromatic N) is 5. The number of aromatic nitrogens is 5. The molecule has 3 aromatic rings. The van der Waals surface area contributed by atoms with Crippen LogP contribution in [0.1, 0.15) is 11.6 Å². The fourth-order valence-electron chi connectivity index (χ4n) is 2.19. The van der Waals surface area contributed by atoms with E-state index in [2.05, 4.69) is 20.0 Å². The number of hydrogen-bond acceptors (Lipinski definition) is 5. The second kappa shape index (κ2) is 6.31. The third-order valence-electron chi connectivity index (χ3n) is 3.30. The van der Waals surface area contributed by atoms with Crippen molar-refractivity contribution in [1.82, 2.24) is 29.5 Å². The molecule has 1 unspecified atom stereocenters. The van der Waals surface area contributed by atoms with Crippen LogP contribution in [0.5, 0.6) is 0 Å². The molecule has 8 nitrogen and oxygen atoms in total. The van der Waals surface area contributed by atoms with Crippen molar-refractivity contribution in [1.29, 1.82) is 0 Å².